The fraction of sp³-hybridized carbons (Fsp3) is 0.296. The van der Waals surface area contributed by atoms with E-state index in [9.17, 15) is 0 Å². The number of fused-ring (bicyclic) bond motifs is 4. The zero-order valence-corrected chi connectivity index (χ0v) is 20.0. The molecule has 6 nitrogen and oxygen atoms in total. The summed E-state index contributed by atoms with van der Waals surface area (Å²) in [6.45, 7) is 3.36. The number of thiophene rings is 1. The molecule has 7 rings (SSSR count). The van der Waals surface area contributed by atoms with Crippen molar-refractivity contribution in [2.45, 2.75) is 32.2 Å². The van der Waals surface area contributed by atoms with E-state index < -0.39 is 0 Å². The molecule has 0 spiro atoms. The number of benzene rings is 1. The standard InChI is InChI=1S/C27H26N6S/c1-32-23-11-17(5-6-18(23)15-29-32)26-22-13-25-21(27(22)31-30-26)12-24(34-25)19-7-8-20(28-14-19)16-33-9-3-2-4-10-33/h5-8,11-12,14-15H,2-4,9-10,13,16H2,1H3,(H,30,31). The zero-order chi connectivity index (χ0) is 22.6. The van der Waals surface area contributed by atoms with Crippen LogP contribution in [0.15, 0.2) is 48.8 Å². The number of rotatable bonds is 4. The summed E-state index contributed by atoms with van der Waals surface area (Å²) in [7, 11) is 1.98. The number of piperidine rings is 1. The molecule has 1 aliphatic carbocycles. The summed E-state index contributed by atoms with van der Waals surface area (Å²) in [5.41, 5.74) is 9.42. The second-order valence-corrected chi connectivity index (χ2v) is 10.6. The molecule has 1 aromatic carbocycles. The molecule has 1 fully saturated rings. The molecule has 34 heavy (non-hydrogen) atoms. The zero-order valence-electron chi connectivity index (χ0n) is 19.2. The van der Waals surface area contributed by atoms with Gasteiger partial charge in [-0.05, 0) is 44.1 Å². The number of H-pyrrole nitrogens is 1. The van der Waals surface area contributed by atoms with Crippen LogP contribution in [0.4, 0.5) is 0 Å². The molecule has 5 aromatic rings. The van der Waals surface area contributed by atoms with E-state index in [-0.39, 0.29) is 0 Å². The van der Waals surface area contributed by atoms with Gasteiger partial charge in [0.05, 0.1) is 28.8 Å². The molecule has 2 aliphatic rings. The number of aromatic amines is 1. The monoisotopic (exact) mass is 466 g/mol. The van der Waals surface area contributed by atoms with Gasteiger partial charge < -0.3 is 0 Å². The van der Waals surface area contributed by atoms with Crippen LogP contribution in [0.1, 0.15) is 35.4 Å². The third-order valence-corrected chi connectivity index (χ3v) is 8.43. The highest BCUT2D eigenvalue weighted by Gasteiger charge is 2.28. The topological polar surface area (TPSA) is 62.6 Å². The van der Waals surface area contributed by atoms with Crippen molar-refractivity contribution in [1.82, 2.24) is 29.9 Å². The fourth-order valence-electron chi connectivity index (χ4n) is 5.38. The predicted octanol–water partition coefficient (Wildman–Crippen LogP) is 5.64. The SMILES string of the molecule is Cn1ncc2ccc(-c3n[nH]c4c3Cc3sc(-c5ccc(CN6CCCCC6)nc5)cc3-4)cc21. The van der Waals surface area contributed by atoms with Crippen LogP contribution >= 0.6 is 11.3 Å². The van der Waals surface area contributed by atoms with Gasteiger partial charge in [-0.1, -0.05) is 24.6 Å². The van der Waals surface area contributed by atoms with Crippen molar-refractivity contribution in [2.75, 3.05) is 13.1 Å². The lowest BCUT2D eigenvalue weighted by Crippen LogP contribution is -2.29. The van der Waals surface area contributed by atoms with Crippen molar-refractivity contribution < 1.29 is 0 Å². The molecule has 1 aliphatic heterocycles. The van der Waals surface area contributed by atoms with Gasteiger partial charge in [0.2, 0.25) is 0 Å². The molecule has 0 bridgehead atoms. The summed E-state index contributed by atoms with van der Waals surface area (Å²) < 4.78 is 1.92. The maximum absolute atomic E-state index is 4.79. The van der Waals surface area contributed by atoms with E-state index in [1.54, 1.807) is 0 Å². The van der Waals surface area contributed by atoms with Crippen molar-refractivity contribution in [2.24, 2.45) is 7.05 Å². The number of aromatic nitrogens is 5. The molecule has 0 amide bonds. The smallest absolute Gasteiger partial charge is 0.0963 e. The first-order chi connectivity index (χ1) is 16.7. The lowest BCUT2D eigenvalue weighted by Gasteiger charge is -2.25. The number of pyridine rings is 1. The predicted molar refractivity (Wildman–Crippen MR) is 137 cm³/mol. The van der Waals surface area contributed by atoms with Gasteiger partial charge in [-0.2, -0.15) is 10.2 Å². The average Bonchev–Trinajstić information content (AvgIpc) is 3.62. The number of hydrogen-bond donors (Lipinski definition) is 1. The van der Waals surface area contributed by atoms with Crippen LogP contribution in [0.5, 0.6) is 0 Å². The van der Waals surface area contributed by atoms with Crippen LogP contribution in [-0.4, -0.2) is 43.0 Å². The van der Waals surface area contributed by atoms with Gasteiger partial charge >= 0.3 is 0 Å². The van der Waals surface area contributed by atoms with Gasteiger partial charge in [0.15, 0.2) is 0 Å². The minimum absolute atomic E-state index is 0.922. The Morgan fingerprint density at radius 1 is 1.00 bits per heavy atom. The summed E-state index contributed by atoms with van der Waals surface area (Å²) in [5.74, 6) is 0. The summed E-state index contributed by atoms with van der Waals surface area (Å²) in [5, 5.41) is 13.6. The minimum Gasteiger partial charge on any atom is -0.298 e. The second-order valence-electron chi connectivity index (χ2n) is 9.47. The maximum Gasteiger partial charge on any atom is 0.0963 e. The molecule has 4 aromatic heterocycles. The second kappa shape index (κ2) is 7.89. The molecule has 0 radical (unpaired) electrons. The number of nitrogens with one attached hydrogen (secondary N) is 1. The molecule has 5 heterocycles. The van der Waals surface area contributed by atoms with E-state index in [4.69, 9.17) is 10.1 Å². The molecule has 170 valence electrons. The number of nitrogens with zero attached hydrogens (tertiary/aromatic N) is 5. The van der Waals surface area contributed by atoms with Gasteiger partial charge in [0.1, 0.15) is 0 Å². The molecule has 0 atom stereocenters. The van der Waals surface area contributed by atoms with Crippen molar-refractivity contribution in [1.29, 1.82) is 0 Å². The van der Waals surface area contributed by atoms with E-state index in [2.05, 4.69) is 51.5 Å². The van der Waals surface area contributed by atoms with Crippen LogP contribution in [-0.2, 0) is 20.0 Å². The highest BCUT2D eigenvalue weighted by molar-refractivity contribution is 7.16. The Morgan fingerprint density at radius 2 is 1.88 bits per heavy atom. The normalized spacial score (nSPS) is 15.7. The Balaban J connectivity index is 1.15. The Bertz CT molecular complexity index is 1500. The quantitative estimate of drug-likeness (QED) is 0.365. The highest BCUT2D eigenvalue weighted by atomic mass is 32.1. The number of likely N-dealkylation sites (tertiary alicyclic amines) is 1. The number of hydrogen-bond acceptors (Lipinski definition) is 5. The van der Waals surface area contributed by atoms with Gasteiger partial charge in [-0.3, -0.25) is 19.7 Å². The van der Waals surface area contributed by atoms with Crippen LogP contribution in [0, 0.1) is 0 Å². The van der Waals surface area contributed by atoms with E-state index in [0.717, 1.165) is 40.8 Å². The van der Waals surface area contributed by atoms with E-state index >= 15 is 0 Å². The van der Waals surface area contributed by atoms with Gasteiger partial charge in [-0.25, -0.2) is 0 Å². The van der Waals surface area contributed by atoms with E-state index in [0.29, 0.717) is 0 Å². The lowest BCUT2D eigenvalue weighted by atomic mass is 10.0. The third kappa shape index (κ3) is 3.30. The van der Waals surface area contributed by atoms with Gasteiger partial charge in [0.25, 0.3) is 0 Å². The van der Waals surface area contributed by atoms with E-state index in [1.165, 1.54) is 64.5 Å². The molecular weight excluding hydrogens is 440 g/mol. The Labute approximate surface area is 202 Å². The highest BCUT2D eigenvalue weighted by Crippen LogP contribution is 2.46. The molecule has 1 N–H and O–H groups in total. The number of aryl methyl sites for hydroxylation is 1. The Kier molecular flexibility index (Phi) is 4.67. The molecule has 7 heteroatoms. The van der Waals surface area contributed by atoms with Crippen molar-refractivity contribution >= 4 is 22.2 Å². The fourth-order valence-corrected chi connectivity index (χ4v) is 6.54. The molecule has 0 saturated carbocycles. The molecular formula is C27H26N6S. The first-order valence-corrected chi connectivity index (χ1v) is 12.8. The van der Waals surface area contributed by atoms with Crippen molar-refractivity contribution in [3.05, 3.63) is 64.9 Å². The summed E-state index contributed by atoms with van der Waals surface area (Å²) in [6.07, 6.45) is 8.86. The summed E-state index contributed by atoms with van der Waals surface area (Å²) >= 11 is 1.88. The molecule has 0 unspecified atom stereocenters. The summed E-state index contributed by atoms with van der Waals surface area (Å²) in [4.78, 5) is 9.99. The van der Waals surface area contributed by atoms with Crippen LogP contribution in [0.3, 0.4) is 0 Å². The minimum atomic E-state index is 0.922. The first kappa shape index (κ1) is 20.1. The van der Waals surface area contributed by atoms with Crippen LogP contribution in [0.25, 0.3) is 43.9 Å². The van der Waals surface area contributed by atoms with Crippen molar-refractivity contribution in [3.63, 3.8) is 0 Å². The maximum atomic E-state index is 4.79. The van der Waals surface area contributed by atoms with Gasteiger partial charge in [-0.15, -0.1) is 11.3 Å². The lowest BCUT2D eigenvalue weighted by molar-refractivity contribution is 0.218. The Morgan fingerprint density at radius 3 is 2.74 bits per heavy atom. The third-order valence-electron chi connectivity index (χ3n) is 7.25. The van der Waals surface area contributed by atoms with Gasteiger partial charge in [0, 0.05) is 63.6 Å². The van der Waals surface area contributed by atoms with Crippen LogP contribution < -0.4 is 0 Å². The first-order valence-electron chi connectivity index (χ1n) is 12.0. The molecule has 1 saturated heterocycles. The average molecular weight is 467 g/mol. The Hall–Kier alpha value is -3.29. The summed E-state index contributed by atoms with van der Waals surface area (Å²) in [6, 6.07) is 13.2. The van der Waals surface area contributed by atoms with Crippen LogP contribution in [0.2, 0.25) is 0 Å². The van der Waals surface area contributed by atoms with E-state index in [1.807, 2.05) is 35.5 Å². The largest absolute Gasteiger partial charge is 0.298 e. The van der Waals surface area contributed by atoms with Crippen molar-refractivity contribution in [3.8, 4) is 33.0 Å².